The molecule has 1 N–H and O–H groups in total. The van der Waals surface area contributed by atoms with E-state index in [-0.39, 0.29) is 42.8 Å². The smallest absolute Gasteiger partial charge is 0.266 e. The first-order chi connectivity index (χ1) is 14.6. The molecule has 3 heterocycles. The van der Waals surface area contributed by atoms with Crippen LogP contribution in [0.1, 0.15) is 41.8 Å². The first-order valence-electron chi connectivity index (χ1n) is 9.64. The zero-order valence-electron chi connectivity index (χ0n) is 16.8. The molecule has 1 saturated heterocycles. The Bertz CT molecular complexity index is 1030. The van der Waals surface area contributed by atoms with Gasteiger partial charge in [0.15, 0.2) is 0 Å². The number of fused-ring (bicyclic) bond motifs is 1. The van der Waals surface area contributed by atoms with Gasteiger partial charge in [-0.3, -0.25) is 9.69 Å². The lowest BCUT2D eigenvalue weighted by atomic mass is 9.95. The van der Waals surface area contributed by atoms with E-state index in [0.717, 1.165) is 6.07 Å². The highest BCUT2D eigenvalue weighted by atomic mass is 35.5. The average molecular weight is 458 g/mol. The molecule has 0 saturated carbocycles. The van der Waals surface area contributed by atoms with Crippen LogP contribution in [0.25, 0.3) is 0 Å². The summed E-state index contributed by atoms with van der Waals surface area (Å²) < 4.78 is 55.4. The van der Waals surface area contributed by atoms with Crippen LogP contribution < -0.4 is 5.32 Å². The molecule has 1 atom stereocenters. The van der Waals surface area contributed by atoms with Crippen molar-refractivity contribution in [2.24, 2.45) is 0 Å². The minimum atomic E-state index is -2.94. The first kappa shape index (κ1) is 21.8. The number of nitrogens with zero attached hydrogens (tertiary/aromatic N) is 4. The molecule has 4 rings (SSSR count). The molecule has 2 aliphatic rings. The normalized spacial score (nSPS) is 18.6. The number of rotatable bonds is 5. The van der Waals surface area contributed by atoms with E-state index in [0.29, 0.717) is 11.3 Å². The number of likely N-dealkylation sites (tertiary alicyclic amines) is 1. The number of hydrogen-bond donors (Lipinski definition) is 1. The Hall–Kier alpha value is -2.46. The van der Waals surface area contributed by atoms with E-state index in [2.05, 4.69) is 15.3 Å². The van der Waals surface area contributed by atoms with E-state index in [4.69, 9.17) is 11.6 Å². The van der Waals surface area contributed by atoms with Gasteiger partial charge in [-0.05, 0) is 25.6 Å². The van der Waals surface area contributed by atoms with Crippen LogP contribution in [0.3, 0.4) is 0 Å². The average Bonchev–Trinajstić information content (AvgIpc) is 3.10. The minimum absolute atomic E-state index is 0.0208. The van der Waals surface area contributed by atoms with Gasteiger partial charge in [0.05, 0.1) is 30.4 Å². The fraction of sp³-hybridized carbons (Fsp3) is 0.450. The molecule has 2 aromatic rings. The van der Waals surface area contributed by atoms with E-state index in [9.17, 15) is 22.4 Å². The van der Waals surface area contributed by atoms with Gasteiger partial charge < -0.3 is 10.2 Å². The molecule has 0 unspecified atom stereocenters. The monoisotopic (exact) mass is 457 g/mol. The van der Waals surface area contributed by atoms with Crippen LogP contribution in [0.15, 0.2) is 18.2 Å². The second-order valence-corrected chi connectivity index (χ2v) is 8.32. The maximum absolute atomic E-state index is 14.8. The number of carbonyl (C=O) groups excluding carboxylic acids is 1. The molecule has 2 aliphatic heterocycles. The Morgan fingerprint density at radius 3 is 2.55 bits per heavy atom. The number of halogens is 5. The summed E-state index contributed by atoms with van der Waals surface area (Å²) >= 11 is 6.01. The fourth-order valence-electron chi connectivity index (χ4n) is 4.07. The van der Waals surface area contributed by atoms with E-state index in [1.54, 1.807) is 18.9 Å². The molecule has 0 aliphatic carbocycles. The van der Waals surface area contributed by atoms with Crippen molar-refractivity contribution in [2.75, 3.05) is 25.5 Å². The van der Waals surface area contributed by atoms with Crippen LogP contribution in [0.5, 0.6) is 0 Å². The molecule has 6 nitrogen and oxygen atoms in total. The number of carbonyl (C=O) groups is 1. The summed E-state index contributed by atoms with van der Waals surface area (Å²) in [6.07, 6.45) is -2.94. The lowest BCUT2D eigenvalue weighted by Crippen LogP contribution is -2.64. The Balaban J connectivity index is 1.57. The molecule has 1 amide bonds. The van der Waals surface area contributed by atoms with Crippen LogP contribution >= 0.6 is 11.6 Å². The summed E-state index contributed by atoms with van der Waals surface area (Å²) in [6, 6.07) is 3.05. The lowest BCUT2D eigenvalue weighted by Gasteiger charge is -2.42. The van der Waals surface area contributed by atoms with Crippen LogP contribution in [0.4, 0.5) is 23.4 Å². The third kappa shape index (κ3) is 3.94. The molecule has 166 valence electrons. The Labute approximate surface area is 181 Å². The van der Waals surface area contributed by atoms with Crippen molar-refractivity contribution in [3.8, 4) is 0 Å². The molecule has 11 heteroatoms. The van der Waals surface area contributed by atoms with Gasteiger partial charge in [0.1, 0.15) is 11.6 Å². The van der Waals surface area contributed by atoms with Gasteiger partial charge in [-0.15, -0.1) is 0 Å². The maximum Gasteiger partial charge on any atom is 0.266 e. The number of nitrogens with one attached hydrogen (secondary N) is 1. The second kappa shape index (κ2) is 7.90. The van der Waals surface area contributed by atoms with E-state index in [1.807, 2.05) is 0 Å². The molecule has 0 bridgehead atoms. The standard InChI is InChI=1S/C20H20ClF4N5O/c1-10(11-4-3-5-12(15(11)22)16(23)24)26-17-13-6-30(7-14(13)27-19(21)28-17)18(31)20(25)8-29(2)9-20/h3-5,10,16H,6-9H2,1-2H3,(H,26,27,28)/t10-/m1/s1. The van der Waals surface area contributed by atoms with Gasteiger partial charge in [-0.2, -0.15) is 0 Å². The Morgan fingerprint density at radius 1 is 1.23 bits per heavy atom. The molecule has 0 radical (unpaired) electrons. The Kier molecular flexibility index (Phi) is 5.55. The van der Waals surface area contributed by atoms with Gasteiger partial charge in [0.25, 0.3) is 12.3 Å². The van der Waals surface area contributed by atoms with E-state index in [1.165, 1.54) is 17.0 Å². The van der Waals surface area contributed by atoms with Gasteiger partial charge in [0.2, 0.25) is 11.0 Å². The van der Waals surface area contributed by atoms with Crippen LogP contribution in [0, 0.1) is 5.82 Å². The predicted octanol–water partition coefficient (Wildman–Crippen LogP) is 3.88. The number of alkyl halides is 3. The van der Waals surface area contributed by atoms with Crippen molar-refractivity contribution in [1.29, 1.82) is 0 Å². The van der Waals surface area contributed by atoms with Crippen LogP contribution in [-0.4, -0.2) is 51.5 Å². The van der Waals surface area contributed by atoms with Crippen LogP contribution in [-0.2, 0) is 17.9 Å². The van der Waals surface area contributed by atoms with Crippen molar-refractivity contribution >= 4 is 23.3 Å². The van der Waals surface area contributed by atoms with Gasteiger partial charge in [-0.25, -0.2) is 27.5 Å². The van der Waals surface area contributed by atoms with Crippen LogP contribution in [0.2, 0.25) is 5.28 Å². The highest BCUT2D eigenvalue weighted by Gasteiger charge is 2.51. The molecule has 1 fully saturated rings. The molecule has 1 aromatic carbocycles. The second-order valence-electron chi connectivity index (χ2n) is 7.98. The van der Waals surface area contributed by atoms with Crippen molar-refractivity contribution in [3.05, 3.63) is 51.7 Å². The maximum atomic E-state index is 14.8. The van der Waals surface area contributed by atoms with E-state index < -0.39 is 35.4 Å². The molecule has 1 aromatic heterocycles. The van der Waals surface area contributed by atoms with Gasteiger partial charge in [-0.1, -0.05) is 18.2 Å². The Morgan fingerprint density at radius 2 is 1.90 bits per heavy atom. The number of hydrogen-bond acceptors (Lipinski definition) is 5. The molecule has 31 heavy (non-hydrogen) atoms. The molecule has 0 spiro atoms. The van der Waals surface area contributed by atoms with Gasteiger partial charge >= 0.3 is 0 Å². The van der Waals surface area contributed by atoms with Crippen molar-refractivity contribution in [2.45, 2.75) is 38.1 Å². The minimum Gasteiger partial charge on any atom is -0.363 e. The third-order valence-electron chi connectivity index (χ3n) is 5.58. The predicted molar refractivity (Wildman–Crippen MR) is 106 cm³/mol. The summed E-state index contributed by atoms with van der Waals surface area (Å²) in [4.78, 5) is 24.0. The number of amides is 1. The summed E-state index contributed by atoms with van der Waals surface area (Å²) in [5.41, 5.74) is -1.60. The zero-order valence-corrected chi connectivity index (χ0v) is 17.6. The fourth-order valence-corrected chi connectivity index (χ4v) is 4.26. The lowest BCUT2D eigenvalue weighted by molar-refractivity contribution is -0.155. The summed E-state index contributed by atoms with van der Waals surface area (Å²) in [6.45, 7) is 1.77. The van der Waals surface area contributed by atoms with Gasteiger partial charge in [0, 0.05) is 24.2 Å². The summed E-state index contributed by atoms with van der Waals surface area (Å²) in [5, 5.41) is 2.88. The van der Waals surface area contributed by atoms with E-state index >= 15 is 0 Å². The summed E-state index contributed by atoms with van der Waals surface area (Å²) in [7, 11) is 1.72. The van der Waals surface area contributed by atoms with Crippen molar-refractivity contribution in [3.63, 3.8) is 0 Å². The van der Waals surface area contributed by atoms with Crippen molar-refractivity contribution in [1.82, 2.24) is 19.8 Å². The van der Waals surface area contributed by atoms with Crippen molar-refractivity contribution < 1.29 is 22.4 Å². The number of benzene rings is 1. The molecular formula is C20H20ClF4N5O. The first-order valence-corrected chi connectivity index (χ1v) is 10.0. The topological polar surface area (TPSA) is 61.4 Å². The number of aromatic nitrogens is 2. The highest BCUT2D eigenvalue weighted by Crippen LogP contribution is 2.35. The zero-order chi connectivity index (χ0) is 22.5. The summed E-state index contributed by atoms with van der Waals surface area (Å²) in [5.74, 6) is -1.38. The largest absolute Gasteiger partial charge is 0.363 e. The third-order valence-corrected chi connectivity index (χ3v) is 5.75. The number of anilines is 1. The molecular weight excluding hydrogens is 438 g/mol. The SMILES string of the molecule is C[C@@H](Nc1nc(Cl)nc2c1CN(C(=O)C1(F)CN(C)C1)C2)c1cccc(C(F)F)c1F. The highest BCUT2D eigenvalue weighted by molar-refractivity contribution is 6.28. The quantitative estimate of drug-likeness (QED) is 0.545.